The highest BCUT2D eigenvalue weighted by atomic mass is 35.5. The Bertz CT molecular complexity index is 619. The Morgan fingerprint density at radius 1 is 1.06 bits per heavy atom. The van der Waals surface area contributed by atoms with Crippen LogP contribution in [0, 0.1) is 6.92 Å². The number of fused-ring (bicyclic) bond motifs is 1. The highest BCUT2D eigenvalue weighted by Crippen LogP contribution is 2.45. The van der Waals surface area contributed by atoms with E-state index in [0.29, 0.717) is 11.1 Å². The van der Waals surface area contributed by atoms with Crippen LogP contribution in [-0.2, 0) is 9.80 Å². The molecule has 0 saturated heterocycles. The summed E-state index contributed by atoms with van der Waals surface area (Å²) >= 11 is 6.53. The molecule has 1 heterocycles. The maximum absolute atomic E-state index is 11.8. The van der Waals surface area contributed by atoms with Crippen molar-refractivity contribution >= 4 is 17.6 Å². The Morgan fingerprint density at radius 2 is 1.72 bits per heavy atom. The van der Waals surface area contributed by atoms with Gasteiger partial charge in [0.2, 0.25) is 5.06 Å². The van der Waals surface area contributed by atoms with Crippen LogP contribution >= 0.6 is 11.6 Å². The molecule has 0 aliphatic carbocycles. The molecule has 1 unspecified atom stereocenters. The van der Waals surface area contributed by atoms with Gasteiger partial charge in [-0.15, -0.1) is 0 Å². The van der Waals surface area contributed by atoms with E-state index in [1.54, 1.807) is 12.1 Å². The van der Waals surface area contributed by atoms with Gasteiger partial charge in [-0.1, -0.05) is 59.6 Å². The summed E-state index contributed by atoms with van der Waals surface area (Å²) in [6.45, 7) is 2.00. The smallest absolute Gasteiger partial charge is 0.340 e. The Hall–Kier alpha value is -1.80. The first-order valence-corrected chi connectivity index (χ1v) is 6.08. The maximum Gasteiger partial charge on any atom is 0.340 e. The molecule has 0 aromatic heterocycles. The third-order valence-electron chi connectivity index (χ3n) is 3.15. The number of esters is 1. The van der Waals surface area contributed by atoms with Crippen molar-refractivity contribution in [2.24, 2.45) is 0 Å². The van der Waals surface area contributed by atoms with Crippen molar-refractivity contribution in [1.82, 2.24) is 0 Å². The third-order valence-corrected chi connectivity index (χ3v) is 3.65. The number of benzene rings is 2. The number of halogens is 1. The summed E-state index contributed by atoms with van der Waals surface area (Å²) in [6.07, 6.45) is 0. The molecule has 0 N–H and O–H groups in total. The van der Waals surface area contributed by atoms with Crippen molar-refractivity contribution in [3.8, 4) is 0 Å². The lowest BCUT2D eigenvalue weighted by Gasteiger charge is -2.21. The van der Waals surface area contributed by atoms with E-state index in [2.05, 4.69) is 0 Å². The van der Waals surface area contributed by atoms with Crippen LogP contribution < -0.4 is 0 Å². The first-order valence-electron chi connectivity index (χ1n) is 5.70. The standard InChI is InChI=1S/C15H11ClO2/c1-10-6-8-11(9-7-10)15(16)13-5-3-2-4-12(13)14(17)18-15/h2-9H,1H3. The number of carbonyl (C=O) groups is 1. The average molecular weight is 259 g/mol. The van der Waals surface area contributed by atoms with E-state index in [1.165, 1.54) is 0 Å². The van der Waals surface area contributed by atoms with Crippen molar-refractivity contribution in [3.63, 3.8) is 0 Å². The predicted molar refractivity (Wildman–Crippen MR) is 69.7 cm³/mol. The van der Waals surface area contributed by atoms with Crippen LogP contribution in [0.3, 0.4) is 0 Å². The predicted octanol–water partition coefficient (Wildman–Crippen LogP) is 3.61. The molecular formula is C15H11ClO2. The number of ether oxygens (including phenoxy) is 1. The van der Waals surface area contributed by atoms with Crippen LogP contribution in [0.1, 0.15) is 27.0 Å². The summed E-state index contributed by atoms with van der Waals surface area (Å²) < 4.78 is 5.37. The van der Waals surface area contributed by atoms with Crippen LogP contribution in [0.15, 0.2) is 48.5 Å². The van der Waals surface area contributed by atoms with Crippen LogP contribution in [0.5, 0.6) is 0 Å². The summed E-state index contributed by atoms with van der Waals surface area (Å²) in [5.41, 5.74) is 3.15. The molecule has 2 aromatic carbocycles. The normalized spacial score (nSPS) is 21.6. The second-order valence-corrected chi connectivity index (χ2v) is 4.93. The Morgan fingerprint density at radius 3 is 2.44 bits per heavy atom. The number of carbonyl (C=O) groups excluding carboxylic acids is 1. The number of rotatable bonds is 1. The molecule has 90 valence electrons. The van der Waals surface area contributed by atoms with E-state index in [0.717, 1.165) is 11.1 Å². The number of hydrogen-bond acceptors (Lipinski definition) is 2. The second-order valence-electron chi connectivity index (χ2n) is 4.40. The van der Waals surface area contributed by atoms with Crippen molar-refractivity contribution in [2.75, 3.05) is 0 Å². The van der Waals surface area contributed by atoms with Gasteiger partial charge in [-0.2, -0.15) is 0 Å². The number of hydrogen-bond donors (Lipinski definition) is 0. The summed E-state index contributed by atoms with van der Waals surface area (Å²) in [5.74, 6) is -0.374. The van der Waals surface area contributed by atoms with Crippen LogP contribution in [0.25, 0.3) is 0 Å². The molecule has 0 spiro atoms. The number of alkyl halides is 1. The zero-order valence-electron chi connectivity index (χ0n) is 9.81. The molecule has 1 aliphatic heterocycles. The molecule has 2 aromatic rings. The molecular weight excluding hydrogens is 248 g/mol. The fourth-order valence-corrected chi connectivity index (χ4v) is 2.52. The molecule has 3 rings (SSSR count). The van der Waals surface area contributed by atoms with Crippen molar-refractivity contribution < 1.29 is 9.53 Å². The lowest BCUT2D eigenvalue weighted by Crippen LogP contribution is -2.20. The molecule has 3 heteroatoms. The minimum absolute atomic E-state index is 0.374. The molecule has 1 atom stereocenters. The number of aryl methyl sites for hydroxylation is 1. The van der Waals surface area contributed by atoms with Gasteiger partial charge in [0.05, 0.1) is 5.56 Å². The van der Waals surface area contributed by atoms with Gasteiger partial charge < -0.3 is 4.74 Å². The van der Waals surface area contributed by atoms with E-state index in [9.17, 15) is 4.79 Å². The molecule has 0 radical (unpaired) electrons. The van der Waals surface area contributed by atoms with E-state index in [4.69, 9.17) is 16.3 Å². The fourth-order valence-electron chi connectivity index (χ4n) is 2.16. The summed E-state index contributed by atoms with van der Waals surface area (Å²) in [4.78, 5) is 11.8. The Balaban J connectivity index is 2.17. The van der Waals surface area contributed by atoms with Gasteiger partial charge in [0.1, 0.15) is 0 Å². The van der Waals surface area contributed by atoms with Crippen molar-refractivity contribution in [1.29, 1.82) is 0 Å². The number of cyclic esters (lactones) is 1. The fraction of sp³-hybridized carbons (Fsp3) is 0.133. The lowest BCUT2D eigenvalue weighted by molar-refractivity contribution is 0.0366. The minimum Gasteiger partial charge on any atom is -0.431 e. The highest BCUT2D eigenvalue weighted by Gasteiger charge is 2.45. The molecule has 0 fully saturated rings. The monoisotopic (exact) mass is 258 g/mol. The van der Waals surface area contributed by atoms with Gasteiger partial charge in [-0.05, 0) is 13.0 Å². The molecule has 18 heavy (non-hydrogen) atoms. The van der Waals surface area contributed by atoms with Gasteiger partial charge in [-0.25, -0.2) is 4.79 Å². The SMILES string of the molecule is Cc1ccc(C2(Cl)OC(=O)c3ccccc32)cc1. The van der Waals surface area contributed by atoms with Crippen molar-refractivity contribution in [3.05, 3.63) is 70.8 Å². The van der Waals surface area contributed by atoms with Gasteiger partial charge >= 0.3 is 5.97 Å². The largest absolute Gasteiger partial charge is 0.431 e. The molecule has 1 aliphatic rings. The van der Waals surface area contributed by atoms with Crippen LogP contribution in [-0.4, -0.2) is 5.97 Å². The van der Waals surface area contributed by atoms with Crippen LogP contribution in [0.2, 0.25) is 0 Å². The Labute approximate surface area is 110 Å². The van der Waals surface area contributed by atoms with Gasteiger partial charge in [0.25, 0.3) is 0 Å². The summed E-state index contributed by atoms with van der Waals surface area (Å²) in [5, 5.41) is -1.19. The molecule has 0 amide bonds. The zero-order chi connectivity index (χ0) is 12.8. The van der Waals surface area contributed by atoms with E-state index in [-0.39, 0.29) is 5.97 Å². The quantitative estimate of drug-likeness (QED) is 0.577. The molecule has 2 nitrogen and oxygen atoms in total. The van der Waals surface area contributed by atoms with E-state index >= 15 is 0 Å². The first-order chi connectivity index (χ1) is 8.61. The molecule has 0 bridgehead atoms. The summed E-state index contributed by atoms with van der Waals surface area (Å²) in [6, 6.07) is 14.9. The average Bonchev–Trinajstić information content (AvgIpc) is 2.64. The van der Waals surface area contributed by atoms with Crippen molar-refractivity contribution in [2.45, 2.75) is 12.0 Å². The van der Waals surface area contributed by atoms with Gasteiger partial charge in [0.15, 0.2) is 0 Å². The topological polar surface area (TPSA) is 26.3 Å². The lowest BCUT2D eigenvalue weighted by atomic mass is 9.98. The first kappa shape index (κ1) is 11.3. The zero-order valence-corrected chi connectivity index (χ0v) is 10.6. The van der Waals surface area contributed by atoms with E-state index < -0.39 is 5.06 Å². The second kappa shape index (κ2) is 3.85. The highest BCUT2D eigenvalue weighted by molar-refractivity contribution is 6.27. The Kier molecular flexibility index (Phi) is 2.42. The molecule has 0 saturated carbocycles. The minimum atomic E-state index is -1.19. The maximum atomic E-state index is 11.8. The van der Waals surface area contributed by atoms with E-state index in [1.807, 2.05) is 43.3 Å². The van der Waals surface area contributed by atoms with Gasteiger partial charge in [0, 0.05) is 11.1 Å². The van der Waals surface area contributed by atoms with Gasteiger partial charge in [-0.3, -0.25) is 0 Å². The van der Waals surface area contributed by atoms with Crippen LogP contribution in [0.4, 0.5) is 0 Å². The third kappa shape index (κ3) is 1.53. The summed E-state index contributed by atoms with van der Waals surface area (Å²) in [7, 11) is 0.